The van der Waals surface area contributed by atoms with Gasteiger partial charge in [-0.3, -0.25) is 4.90 Å². The molecule has 23 heavy (non-hydrogen) atoms. The zero-order valence-corrected chi connectivity index (χ0v) is 14.5. The fourth-order valence-electron chi connectivity index (χ4n) is 3.56. The van der Waals surface area contributed by atoms with Crippen LogP contribution in [0.15, 0.2) is 18.2 Å². The van der Waals surface area contributed by atoms with Crippen LogP contribution in [0.25, 0.3) is 0 Å². The second kappa shape index (κ2) is 6.97. The lowest BCUT2D eigenvalue weighted by atomic mass is 10.1. The molecule has 6 heteroatoms. The molecule has 1 aromatic carbocycles. The number of ether oxygens (including phenoxy) is 1. The summed E-state index contributed by atoms with van der Waals surface area (Å²) in [5.74, 6) is 0.613. The highest BCUT2D eigenvalue weighted by Gasteiger charge is 2.36. The van der Waals surface area contributed by atoms with Gasteiger partial charge in [0.1, 0.15) is 5.75 Å². The van der Waals surface area contributed by atoms with Gasteiger partial charge in [0.2, 0.25) is 0 Å². The molecule has 0 aromatic heterocycles. The van der Waals surface area contributed by atoms with Gasteiger partial charge >= 0.3 is 6.03 Å². The van der Waals surface area contributed by atoms with Crippen LogP contribution in [-0.2, 0) is 0 Å². The van der Waals surface area contributed by atoms with E-state index in [1.807, 2.05) is 11.8 Å². The van der Waals surface area contributed by atoms with Crippen molar-refractivity contribution in [3.63, 3.8) is 0 Å². The molecule has 3 rings (SSSR count). The number of hydrogen-bond acceptors (Lipinski definition) is 3. The van der Waals surface area contributed by atoms with Crippen molar-refractivity contribution in [3.05, 3.63) is 23.2 Å². The van der Waals surface area contributed by atoms with Gasteiger partial charge in [-0.05, 0) is 45.4 Å². The first-order valence-corrected chi connectivity index (χ1v) is 8.66. The predicted octanol–water partition coefficient (Wildman–Crippen LogP) is 3.44. The number of anilines is 1. The Balaban J connectivity index is 1.69. The number of benzene rings is 1. The van der Waals surface area contributed by atoms with E-state index < -0.39 is 0 Å². The summed E-state index contributed by atoms with van der Waals surface area (Å²) >= 11 is 6.01. The van der Waals surface area contributed by atoms with Crippen molar-refractivity contribution >= 4 is 23.3 Å². The average Bonchev–Trinajstić information content (AvgIpc) is 2.75. The van der Waals surface area contributed by atoms with Crippen LogP contribution in [0.4, 0.5) is 10.5 Å². The van der Waals surface area contributed by atoms with Crippen LogP contribution in [0.1, 0.15) is 26.2 Å². The second-order valence-corrected chi connectivity index (χ2v) is 6.73. The van der Waals surface area contributed by atoms with Gasteiger partial charge in [-0.15, -0.1) is 0 Å². The van der Waals surface area contributed by atoms with E-state index in [2.05, 4.69) is 17.3 Å². The Morgan fingerprint density at radius 3 is 2.91 bits per heavy atom. The highest BCUT2D eigenvalue weighted by molar-refractivity contribution is 6.30. The highest BCUT2D eigenvalue weighted by atomic mass is 35.5. The normalized spacial score (nSPS) is 24.4. The molecule has 1 aromatic rings. The van der Waals surface area contributed by atoms with Crippen molar-refractivity contribution in [2.24, 2.45) is 0 Å². The number of rotatable bonds is 3. The molecule has 2 saturated heterocycles. The minimum atomic E-state index is -0.0609. The molecule has 2 aliphatic heterocycles. The van der Waals surface area contributed by atoms with Crippen LogP contribution in [-0.4, -0.2) is 54.7 Å². The Kier molecular flexibility index (Phi) is 4.97. The summed E-state index contributed by atoms with van der Waals surface area (Å²) in [6, 6.07) is 6.32. The summed E-state index contributed by atoms with van der Waals surface area (Å²) < 4.78 is 5.57. The Bertz CT molecular complexity index is 581. The molecule has 0 radical (unpaired) electrons. The largest absolute Gasteiger partial charge is 0.492 e. The fraction of sp³-hybridized carbons (Fsp3) is 0.588. The van der Waals surface area contributed by atoms with Crippen LogP contribution in [0.2, 0.25) is 5.02 Å². The molecule has 1 N–H and O–H groups in total. The molecule has 2 fully saturated rings. The van der Waals surface area contributed by atoms with Crippen molar-refractivity contribution in [2.75, 3.05) is 32.1 Å². The Hall–Kier alpha value is -1.46. The van der Waals surface area contributed by atoms with Crippen LogP contribution < -0.4 is 10.1 Å². The van der Waals surface area contributed by atoms with E-state index in [0.717, 1.165) is 19.5 Å². The molecule has 126 valence electrons. The molecule has 0 unspecified atom stereocenters. The molecule has 0 aliphatic carbocycles. The van der Waals surface area contributed by atoms with Crippen LogP contribution in [0.5, 0.6) is 5.75 Å². The first kappa shape index (κ1) is 16.4. The predicted molar refractivity (Wildman–Crippen MR) is 92.4 cm³/mol. The number of likely N-dealkylation sites (tertiary alicyclic amines) is 1. The van der Waals surface area contributed by atoms with Gasteiger partial charge in [-0.2, -0.15) is 0 Å². The first-order chi connectivity index (χ1) is 11.1. The maximum atomic E-state index is 12.7. The third-order valence-corrected chi connectivity index (χ3v) is 5.16. The number of nitrogens with one attached hydrogen (secondary N) is 1. The number of hydrogen-bond donors (Lipinski definition) is 1. The van der Waals surface area contributed by atoms with Gasteiger partial charge in [0, 0.05) is 36.3 Å². The number of nitrogens with zero attached hydrogens (tertiary/aromatic N) is 2. The lowest BCUT2D eigenvalue weighted by Gasteiger charge is -2.26. The summed E-state index contributed by atoms with van der Waals surface area (Å²) in [5.41, 5.74) is 0.670. The van der Waals surface area contributed by atoms with E-state index in [4.69, 9.17) is 16.3 Å². The van der Waals surface area contributed by atoms with Crippen LogP contribution in [0.3, 0.4) is 0 Å². The van der Waals surface area contributed by atoms with E-state index >= 15 is 0 Å². The van der Waals surface area contributed by atoms with E-state index in [1.165, 1.54) is 12.8 Å². The summed E-state index contributed by atoms with van der Waals surface area (Å²) in [4.78, 5) is 17.0. The lowest BCUT2D eigenvalue weighted by molar-refractivity contribution is 0.200. The number of likely N-dealkylation sites (N-methyl/N-ethyl adjacent to an activating group) is 1. The van der Waals surface area contributed by atoms with Gasteiger partial charge in [0.15, 0.2) is 0 Å². The number of halogens is 1. The molecule has 2 bridgehead atoms. The molecule has 0 saturated carbocycles. The number of carbonyl (C=O) groups excluding carboxylic acids is 1. The van der Waals surface area contributed by atoms with Crippen molar-refractivity contribution in [2.45, 2.75) is 38.3 Å². The SMILES string of the molecule is CCOc1cc(Cl)ccc1NC(=O)N1CC[C@H]2CC[C@@H](C1)N2C. The van der Waals surface area contributed by atoms with Gasteiger partial charge < -0.3 is 15.0 Å². The summed E-state index contributed by atoms with van der Waals surface area (Å²) in [7, 11) is 2.18. The highest BCUT2D eigenvalue weighted by Crippen LogP contribution is 2.31. The average molecular weight is 338 g/mol. The molecule has 5 nitrogen and oxygen atoms in total. The summed E-state index contributed by atoms with van der Waals surface area (Å²) in [6.07, 6.45) is 3.47. The third-order valence-electron chi connectivity index (χ3n) is 4.92. The molecule has 0 spiro atoms. The monoisotopic (exact) mass is 337 g/mol. The minimum absolute atomic E-state index is 0.0609. The van der Waals surface area contributed by atoms with Crippen molar-refractivity contribution in [1.82, 2.24) is 9.80 Å². The van der Waals surface area contributed by atoms with Gasteiger partial charge in [0.25, 0.3) is 0 Å². The van der Waals surface area contributed by atoms with Crippen molar-refractivity contribution in [3.8, 4) is 5.75 Å². The molecule has 2 heterocycles. The first-order valence-electron chi connectivity index (χ1n) is 8.28. The number of amides is 2. The summed E-state index contributed by atoms with van der Waals surface area (Å²) in [6.45, 7) is 4.03. The number of urea groups is 1. The fourth-order valence-corrected chi connectivity index (χ4v) is 3.72. The quantitative estimate of drug-likeness (QED) is 0.919. The smallest absolute Gasteiger partial charge is 0.322 e. The Labute approximate surface area is 142 Å². The van der Waals surface area contributed by atoms with Crippen molar-refractivity contribution in [1.29, 1.82) is 0 Å². The van der Waals surface area contributed by atoms with Gasteiger partial charge in [-0.25, -0.2) is 4.79 Å². The standard InChI is InChI=1S/C17H24ClN3O2/c1-3-23-16-10-12(18)4-7-15(16)19-17(22)21-9-8-13-5-6-14(11-21)20(13)2/h4,7,10,13-14H,3,5-6,8-9,11H2,1-2H3,(H,19,22)/t13-,14+/m1/s1. The zero-order valence-electron chi connectivity index (χ0n) is 13.7. The van der Waals surface area contributed by atoms with Gasteiger partial charge in [-0.1, -0.05) is 11.6 Å². The molecule has 2 atom stereocenters. The number of carbonyl (C=O) groups is 1. The maximum absolute atomic E-state index is 12.7. The second-order valence-electron chi connectivity index (χ2n) is 6.29. The molecule has 2 aliphatic rings. The topological polar surface area (TPSA) is 44.8 Å². The van der Waals surface area contributed by atoms with E-state index in [-0.39, 0.29) is 6.03 Å². The third kappa shape index (κ3) is 3.56. The molecular weight excluding hydrogens is 314 g/mol. The maximum Gasteiger partial charge on any atom is 0.322 e. The van der Waals surface area contributed by atoms with Gasteiger partial charge in [0.05, 0.1) is 12.3 Å². The summed E-state index contributed by atoms with van der Waals surface area (Å²) in [5, 5.41) is 3.58. The molecular formula is C17H24ClN3O2. The van der Waals surface area contributed by atoms with Crippen LogP contribution in [0, 0.1) is 0 Å². The zero-order chi connectivity index (χ0) is 16.4. The Morgan fingerprint density at radius 1 is 1.35 bits per heavy atom. The van der Waals surface area contributed by atoms with E-state index in [0.29, 0.717) is 35.2 Å². The lowest BCUT2D eigenvalue weighted by Crippen LogP contribution is -2.41. The Morgan fingerprint density at radius 2 is 2.13 bits per heavy atom. The van der Waals surface area contributed by atoms with Crippen LogP contribution >= 0.6 is 11.6 Å². The van der Waals surface area contributed by atoms with E-state index in [1.54, 1.807) is 18.2 Å². The number of fused-ring (bicyclic) bond motifs is 2. The minimum Gasteiger partial charge on any atom is -0.492 e. The van der Waals surface area contributed by atoms with Crippen molar-refractivity contribution < 1.29 is 9.53 Å². The molecule has 2 amide bonds. The van der Waals surface area contributed by atoms with E-state index in [9.17, 15) is 4.79 Å².